The maximum atomic E-state index is 6.52. The van der Waals surface area contributed by atoms with E-state index in [-0.39, 0.29) is 6.17 Å². The van der Waals surface area contributed by atoms with Crippen molar-refractivity contribution in [2.75, 3.05) is 0 Å². The molecule has 5 nitrogen and oxygen atoms in total. The molecule has 5 heteroatoms. The lowest BCUT2D eigenvalue weighted by molar-refractivity contribution is 0.668. The Hall–Kier alpha value is -6.72. The fourth-order valence-electron chi connectivity index (χ4n) is 7.16. The van der Waals surface area contributed by atoms with E-state index in [0.29, 0.717) is 5.84 Å². The van der Waals surface area contributed by atoms with Gasteiger partial charge in [0.15, 0.2) is 5.84 Å². The first-order valence-corrected chi connectivity index (χ1v) is 16.8. The SMILES string of the molecule is c1ccc(-c2ccc(C3=NC(c4cccc5oc6cccc(-c7ccc8c(c7)oc7ccccc78)c6c45)=NC(c4ccccc4)N3)cc2)cc1. The van der Waals surface area contributed by atoms with Crippen molar-refractivity contribution in [3.8, 4) is 22.3 Å². The van der Waals surface area contributed by atoms with Crippen LogP contribution in [0.25, 0.3) is 66.1 Å². The van der Waals surface area contributed by atoms with Crippen LogP contribution in [0.5, 0.6) is 0 Å². The summed E-state index contributed by atoms with van der Waals surface area (Å²) in [4.78, 5) is 10.4. The molecule has 1 N–H and O–H groups in total. The van der Waals surface area contributed by atoms with Crippen molar-refractivity contribution in [1.29, 1.82) is 0 Å². The van der Waals surface area contributed by atoms with Crippen molar-refractivity contribution in [3.05, 3.63) is 180 Å². The molecule has 9 aromatic rings. The number of rotatable bonds is 5. The van der Waals surface area contributed by atoms with Gasteiger partial charge in [0, 0.05) is 32.7 Å². The van der Waals surface area contributed by atoms with Crippen molar-refractivity contribution >= 4 is 55.5 Å². The van der Waals surface area contributed by atoms with E-state index in [1.165, 1.54) is 5.56 Å². The summed E-state index contributed by atoms with van der Waals surface area (Å²) < 4.78 is 12.8. The number of hydrogen-bond acceptors (Lipinski definition) is 5. The van der Waals surface area contributed by atoms with Gasteiger partial charge in [-0.25, -0.2) is 9.98 Å². The number of benzene rings is 7. The third kappa shape index (κ3) is 4.71. The van der Waals surface area contributed by atoms with E-state index in [4.69, 9.17) is 18.8 Å². The first-order valence-electron chi connectivity index (χ1n) is 16.8. The van der Waals surface area contributed by atoms with E-state index in [9.17, 15) is 0 Å². The number of para-hydroxylation sites is 1. The zero-order chi connectivity index (χ0) is 33.0. The first-order chi connectivity index (χ1) is 24.8. The van der Waals surface area contributed by atoms with Gasteiger partial charge in [0.1, 0.15) is 34.3 Å². The lowest BCUT2D eigenvalue weighted by Gasteiger charge is -2.24. The molecular formula is C45H29N3O2. The van der Waals surface area contributed by atoms with E-state index in [0.717, 1.165) is 83.1 Å². The number of nitrogens with one attached hydrogen (secondary N) is 1. The van der Waals surface area contributed by atoms with Gasteiger partial charge in [-0.2, -0.15) is 0 Å². The summed E-state index contributed by atoms with van der Waals surface area (Å²) in [6.07, 6.45) is -0.323. The number of nitrogens with zero attached hydrogens (tertiary/aromatic N) is 2. The van der Waals surface area contributed by atoms with Gasteiger partial charge in [0.25, 0.3) is 0 Å². The summed E-state index contributed by atoms with van der Waals surface area (Å²) in [5.74, 6) is 1.42. The minimum atomic E-state index is -0.323. The zero-order valence-corrected chi connectivity index (χ0v) is 26.9. The summed E-state index contributed by atoms with van der Waals surface area (Å²) in [7, 11) is 0. The normalized spacial score (nSPS) is 14.6. The molecule has 7 aromatic carbocycles. The molecule has 50 heavy (non-hydrogen) atoms. The lowest BCUT2D eigenvalue weighted by atomic mass is 9.96. The van der Waals surface area contributed by atoms with E-state index < -0.39 is 0 Å². The first kappa shape index (κ1) is 28.3. The van der Waals surface area contributed by atoms with Gasteiger partial charge in [-0.3, -0.25) is 0 Å². The van der Waals surface area contributed by atoms with Crippen LogP contribution in [-0.2, 0) is 0 Å². The maximum Gasteiger partial charge on any atom is 0.160 e. The lowest BCUT2D eigenvalue weighted by Crippen LogP contribution is -2.33. The molecule has 3 heterocycles. The number of furan rings is 2. The smallest absolute Gasteiger partial charge is 0.160 e. The van der Waals surface area contributed by atoms with Crippen LogP contribution in [0.2, 0.25) is 0 Å². The Kier molecular flexibility index (Phi) is 6.49. The quantitative estimate of drug-likeness (QED) is 0.203. The monoisotopic (exact) mass is 643 g/mol. The van der Waals surface area contributed by atoms with Gasteiger partial charge >= 0.3 is 0 Å². The predicted molar refractivity (Wildman–Crippen MR) is 204 cm³/mol. The van der Waals surface area contributed by atoms with Crippen LogP contribution >= 0.6 is 0 Å². The highest BCUT2D eigenvalue weighted by atomic mass is 16.3. The molecule has 236 valence electrons. The molecule has 1 aliphatic rings. The summed E-state index contributed by atoms with van der Waals surface area (Å²) in [5, 5.41) is 7.84. The molecule has 1 unspecified atom stereocenters. The highest BCUT2D eigenvalue weighted by molar-refractivity contribution is 6.24. The molecule has 2 aromatic heterocycles. The number of hydrogen-bond donors (Lipinski definition) is 1. The van der Waals surface area contributed by atoms with Crippen LogP contribution < -0.4 is 5.32 Å². The molecule has 10 rings (SSSR count). The molecule has 0 radical (unpaired) electrons. The average Bonchev–Trinajstić information content (AvgIpc) is 3.77. The second kappa shape index (κ2) is 11.5. The molecule has 0 spiro atoms. The fraction of sp³-hybridized carbons (Fsp3) is 0.0222. The second-order valence-corrected chi connectivity index (χ2v) is 12.6. The molecule has 0 saturated heterocycles. The van der Waals surface area contributed by atoms with Crippen molar-refractivity contribution in [3.63, 3.8) is 0 Å². The molecule has 0 saturated carbocycles. The van der Waals surface area contributed by atoms with E-state index in [1.54, 1.807) is 0 Å². The molecule has 1 aliphatic heterocycles. The van der Waals surface area contributed by atoms with Crippen molar-refractivity contribution in [2.45, 2.75) is 6.17 Å². The zero-order valence-electron chi connectivity index (χ0n) is 26.9. The van der Waals surface area contributed by atoms with Gasteiger partial charge in [-0.15, -0.1) is 0 Å². The molecular weight excluding hydrogens is 615 g/mol. The van der Waals surface area contributed by atoms with Gasteiger partial charge < -0.3 is 14.2 Å². The highest BCUT2D eigenvalue weighted by Gasteiger charge is 2.24. The average molecular weight is 644 g/mol. The maximum absolute atomic E-state index is 6.52. The molecule has 0 fully saturated rings. The molecule has 1 atom stereocenters. The second-order valence-electron chi connectivity index (χ2n) is 12.6. The molecule has 0 bridgehead atoms. The number of fused-ring (bicyclic) bond motifs is 6. The molecule has 0 aliphatic carbocycles. The summed E-state index contributed by atoms with van der Waals surface area (Å²) in [6, 6.07) is 56.3. The van der Waals surface area contributed by atoms with Crippen LogP contribution in [0.3, 0.4) is 0 Å². The topological polar surface area (TPSA) is 63.0 Å². The Morgan fingerprint density at radius 1 is 0.440 bits per heavy atom. The van der Waals surface area contributed by atoms with Crippen LogP contribution in [0.1, 0.15) is 22.9 Å². The Morgan fingerprint density at radius 3 is 1.82 bits per heavy atom. The summed E-state index contributed by atoms with van der Waals surface area (Å²) >= 11 is 0. The van der Waals surface area contributed by atoms with Gasteiger partial charge in [-0.1, -0.05) is 133 Å². The standard InChI is InChI=1S/C45H29N3O2/c1-3-11-28(12-4-1)29-21-23-31(24-22-29)44-46-43(30-13-5-2-6-14-30)47-45(48-44)36-17-10-20-39-42(36)41-33(16-9-19-38(41)50-39)32-25-26-35-34-15-7-8-18-37(34)49-40(35)27-32/h1-27,43H,(H,46,47,48). The predicted octanol–water partition coefficient (Wildman–Crippen LogP) is 11.3. The fourth-order valence-corrected chi connectivity index (χ4v) is 7.16. The Bertz CT molecular complexity index is 2770. The number of amidine groups is 2. The summed E-state index contributed by atoms with van der Waals surface area (Å²) in [5.41, 5.74) is 10.7. The van der Waals surface area contributed by atoms with E-state index >= 15 is 0 Å². The van der Waals surface area contributed by atoms with Gasteiger partial charge in [0.05, 0.1) is 0 Å². The van der Waals surface area contributed by atoms with Crippen LogP contribution in [0.15, 0.2) is 183 Å². The van der Waals surface area contributed by atoms with Crippen molar-refractivity contribution in [1.82, 2.24) is 5.32 Å². The Morgan fingerprint density at radius 2 is 1.02 bits per heavy atom. The third-order valence-corrected chi connectivity index (χ3v) is 9.58. The van der Waals surface area contributed by atoms with Crippen LogP contribution in [0.4, 0.5) is 0 Å². The van der Waals surface area contributed by atoms with Crippen LogP contribution in [0, 0.1) is 0 Å². The largest absolute Gasteiger partial charge is 0.456 e. The Labute approximate surface area is 287 Å². The van der Waals surface area contributed by atoms with E-state index in [1.807, 2.05) is 66.7 Å². The van der Waals surface area contributed by atoms with Gasteiger partial charge in [0.2, 0.25) is 0 Å². The third-order valence-electron chi connectivity index (χ3n) is 9.58. The Balaban J connectivity index is 1.14. The van der Waals surface area contributed by atoms with E-state index in [2.05, 4.69) is 102 Å². The summed E-state index contributed by atoms with van der Waals surface area (Å²) in [6.45, 7) is 0. The highest BCUT2D eigenvalue weighted by Crippen LogP contribution is 2.41. The van der Waals surface area contributed by atoms with Crippen molar-refractivity contribution in [2.24, 2.45) is 9.98 Å². The van der Waals surface area contributed by atoms with Crippen LogP contribution in [-0.4, -0.2) is 11.7 Å². The molecule has 0 amide bonds. The minimum absolute atomic E-state index is 0.323. The van der Waals surface area contributed by atoms with Gasteiger partial charge in [-0.05, 0) is 58.1 Å². The minimum Gasteiger partial charge on any atom is -0.456 e. The van der Waals surface area contributed by atoms with Crippen molar-refractivity contribution < 1.29 is 8.83 Å². The number of aliphatic imine (C=N–C) groups is 2.